The molecule has 0 unspecified atom stereocenters. The van der Waals surface area contributed by atoms with Crippen LogP contribution in [0.15, 0.2) is 36.4 Å². The second kappa shape index (κ2) is 11.0. The Bertz CT molecular complexity index is 677. The molecular weight excluding hydrogens is 334 g/mol. The molecule has 0 aliphatic rings. The SMILES string of the molecule is COC(=O)CCc1cc(NC(=O)/C=C/C=C/CCC(C)C)c(O)cc1O. The molecule has 6 nitrogen and oxygen atoms in total. The number of aryl methyl sites for hydroxylation is 1. The summed E-state index contributed by atoms with van der Waals surface area (Å²) in [6.07, 6.45) is 9.14. The van der Waals surface area contributed by atoms with E-state index in [-0.39, 0.29) is 30.0 Å². The van der Waals surface area contributed by atoms with Crippen LogP contribution in [0.5, 0.6) is 11.5 Å². The molecule has 1 rings (SSSR count). The number of ether oxygens (including phenoxy) is 1. The number of nitrogens with one attached hydrogen (secondary N) is 1. The van der Waals surface area contributed by atoms with Crippen molar-refractivity contribution in [2.45, 2.75) is 39.5 Å². The van der Waals surface area contributed by atoms with Gasteiger partial charge in [0, 0.05) is 18.6 Å². The van der Waals surface area contributed by atoms with Crippen LogP contribution >= 0.6 is 0 Å². The van der Waals surface area contributed by atoms with Gasteiger partial charge in [0.05, 0.1) is 12.8 Å². The van der Waals surface area contributed by atoms with Gasteiger partial charge in [0.25, 0.3) is 0 Å². The first-order chi connectivity index (χ1) is 12.3. The standard InChI is InChI=1S/C20H27NO5/c1-14(2)8-6-4-5-7-9-19(24)21-16-12-15(10-11-20(25)26-3)17(22)13-18(16)23/h4-5,7,9,12-14,22-23H,6,8,10-11H2,1-3H3,(H,21,24)/b5-4+,9-7+. The molecule has 0 radical (unpaired) electrons. The number of benzene rings is 1. The van der Waals surface area contributed by atoms with Crippen molar-refractivity contribution >= 4 is 17.6 Å². The van der Waals surface area contributed by atoms with Crippen molar-refractivity contribution in [3.05, 3.63) is 42.0 Å². The first-order valence-corrected chi connectivity index (χ1v) is 8.59. The summed E-state index contributed by atoms with van der Waals surface area (Å²) in [5.74, 6) is -0.571. The van der Waals surface area contributed by atoms with Crippen LogP contribution in [0.1, 0.15) is 38.7 Å². The Morgan fingerprint density at radius 1 is 1.19 bits per heavy atom. The van der Waals surface area contributed by atoms with E-state index >= 15 is 0 Å². The zero-order valence-corrected chi connectivity index (χ0v) is 15.5. The minimum absolute atomic E-state index is 0.0866. The first kappa shape index (κ1) is 21.3. The maximum atomic E-state index is 11.9. The number of rotatable bonds is 9. The normalized spacial score (nSPS) is 11.4. The van der Waals surface area contributed by atoms with Gasteiger partial charge in [0.15, 0.2) is 0 Å². The topological polar surface area (TPSA) is 95.9 Å². The summed E-state index contributed by atoms with van der Waals surface area (Å²) in [7, 11) is 1.29. The van der Waals surface area contributed by atoms with Gasteiger partial charge in [-0.05, 0) is 36.8 Å². The van der Waals surface area contributed by atoms with E-state index in [0.717, 1.165) is 18.9 Å². The molecule has 0 saturated heterocycles. The Morgan fingerprint density at radius 3 is 2.58 bits per heavy atom. The van der Waals surface area contributed by atoms with Gasteiger partial charge in [0.2, 0.25) is 5.91 Å². The number of allylic oxidation sites excluding steroid dienone is 3. The van der Waals surface area contributed by atoms with Crippen LogP contribution in [0.3, 0.4) is 0 Å². The molecule has 142 valence electrons. The highest BCUT2D eigenvalue weighted by atomic mass is 16.5. The lowest BCUT2D eigenvalue weighted by Gasteiger charge is -2.10. The highest BCUT2D eigenvalue weighted by molar-refractivity contribution is 6.00. The van der Waals surface area contributed by atoms with Crippen molar-refractivity contribution < 1.29 is 24.5 Å². The predicted octanol–water partition coefficient (Wildman–Crippen LogP) is 3.69. The number of phenols is 2. The summed E-state index contributed by atoms with van der Waals surface area (Å²) in [6.45, 7) is 4.31. The van der Waals surface area contributed by atoms with Gasteiger partial charge < -0.3 is 20.3 Å². The van der Waals surface area contributed by atoms with Crippen molar-refractivity contribution in [1.29, 1.82) is 0 Å². The lowest BCUT2D eigenvalue weighted by atomic mass is 10.1. The highest BCUT2D eigenvalue weighted by Gasteiger charge is 2.12. The number of phenolic OH excluding ortho intramolecular Hbond substituents is 2. The lowest BCUT2D eigenvalue weighted by molar-refractivity contribution is -0.140. The minimum atomic E-state index is -0.407. The van der Waals surface area contributed by atoms with Crippen LogP contribution in [-0.4, -0.2) is 29.2 Å². The fourth-order valence-electron chi connectivity index (χ4n) is 2.18. The molecule has 0 aromatic heterocycles. The number of carbonyl (C=O) groups excluding carboxylic acids is 2. The Labute approximate surface area is 154 Å². The fraction of sp³-hybridized carbons (Fsp3) is 0.400. The Morgan fingerprint density at radius 2 is 1.92 bits per heavy atom. The summed E-state index contributed by atoms with van der Waals surface area (Å²) >= 11 is 0. The molecule has 26 heavy (non-hydrogen) atoms. The molecule has 3 N–H and O–H groups in total. The predicted molar refractivity (Wildman–Crippen MR) is 101 cm³/mol. The number of methoxy groups -OCH3 is 1. The minimum Gasteiger partial charge on any atom is -0.508 e. The summed E-state index contributed by atoms with van der Waals surface area (Å²) in [5.41, 5.74) is 0.599. The number of carbonyl (C=O) groups is 2. The molecule has 0 saturated carbocycles. The van der Waals surface area contributed by atoms with Gasteiger partial charge in [-0.3, -0.25) is 9.59 Å². The molecule has 0 fully saturated rings. The summed E-state index contributed by atoms with van der Waals surface area (Å²) in [4.78, 5) is 23.2. The summed E-state index contributed by atoms with van der Waals surface area (Å²) < 4.78 is 4.56. The molecular formula is C20H27NO5. The van der Waals surface area contributed by atoms with Gasteiger partial charge in [0.1, 0.15) is 11.5 Å². The number of esters is 1. The third-order valence-corrected chi connectivity index (χ3v) is 3.69. The smallest absolute Gasteiger partial charge is 0.305 e. The van der Waals surface area contributed by atoms with Gasteiger partial charge in [-0.1, -0.05) is 32.1 Å². The molecule has 0 spiro atoms. The van der Waals surface area contributed by atoms with E-state index in [0.29, 0.717) is 11.5 Å². The fourth-order valence-corrected chi connectivity index (χ4v) is 2.18. The Kier molecular flexibility index (Phi) is 8.98. The molecule has 0 heterocycles. The second-order valence-electron chi connectivity index (χ2n) is 6.32. The van der Waals surface area contributed by atoms with Crippen LogP contribution in [0.2, 0.25) is 0 Å². The highest BCUT2D eigenvalue weighted by Crippen LogP contribution is 2.32. The molecule has 6 heteroatoms. The number of hydrogen-bond acceptors (Lipinski definition) is 5. The lowest BCUT2D eigenvalue weighted by Crippen LogP contribution is -2.08. The van der Waals surface area contributed by atoms with Crippen molar-refractivity contribution in [1.82, 2.24) is 0 Å². The first-order valence-electron chi connectivity index (χ1n) is 8.59. The quantitative estimate of drug-likeness (QED) is 0.205. The number of aromatic hydroxyl groups is 2. The number of amides is 1. The van der Waals surface area contributed by atoms with E-state index in [9.17, 15) is 19.8 Å². The van der Waals surface area contributed by atoms with Gasteiger partial charge >= 0.3 is 5.97 Å². The third-order valence-electron chi connectivity index (χ3n) is 3.69. The maximum absolute atomic E-state index is 11.9. The Hall–Kier alpha value is -2.76. The zero-order chi connectivity index (χ0) is 19.5. The van der Waals surface area contributed by atoms with Crippen LogP contribution < -0.4 is 5.32 Å². The van der Waals surface area contributed by atoms with Crippen molar-refractivity contribution in [3.8, 4) is 11.5 Å². The largest absolute Gasteiger partial charge is 0.508 e. The summed E-state index contributed by atoms with van der Waals surface area (Å²) in [6, 6.07) is 2.58. The number of hydrogen-bond donors (Lipinski definition) is 3. The van der Waals surface area contributed by atoms with Crippen LogP contribution in [0, 0.1) is 5.92 Å². The molecule has 0 bridgehead atoms. The Balaban J connectivity index is 2.67. The van der Waals surface area contributed by atoms with Crippen LogP contribution in [-0.2, 0) is 20.7 Å². The van der Waals surface area contributed by atoms with Gasteiger partial charge in [-0.15, -0.1) is 0 Å². The summed E-state index contributed by atoms with van der Waals surface area (Å²) in [5, 5.41) is 22.3. The molecule has 0 aliphatic heterocycles. The van der Waals surface area contributed by atoms with E-state index < -0.39 is 11.9 Å². The molecule has 1 amide bonds. The van der Waals surface area contributed by atoms with E-state index in [1.807, 2.05) is 6.08 Å². The third kappa shape index (κ3) is 7.88. The second-order valence-corrected chi connectivity index (χ2v) is 6.32. The number of anilines is 1. The van der Waals surface area contributed by atoms with E-state index in [2.05, 4.69) is 23.9 Å². The molecule has 1 aromatic carbocycles. The van der Waals surface area contributed by atoms with Crippen molar-refractivity contribution in [3.63, 3.8) is 0 Å². The van der Waals surface area contributed by atoms with E-state index in [1.54, 1.807) is 12.2 Å². The average Bonchev–Trinajstić information content (AvgIpc) is 2.58. The molecule has 0 aliphatic carbocycles. The van der Waals surface area contributed by atoms with Crippen molar-refractivity contribution in [2.75, 3.05) is 12.4 Å². The average molecular weight is 361 g/mol. The monoisotopic (exact) mass is 361 g/mol. The van der Waals surface area contributed by atoms with E-state index in [1.165, 1.54) is 19.3 Å². The van der Waals surface area contributed by atoms with Crippen molar-refractivity contribution in [2.24, 2.45) is 5.92 Å². The van der Waals surface area contributed by atoms with Gasteiger partial charge in [-0.25, -0.2) is 0 Å². The zero-order valence-electron chi connectivity index (χ0n) is 15.5. The van der Waals surface area contributed by atoms with Crippen LogP contribution in [0.4, 0.5) is 5.69 Å². The van der Waals surface area contributed by atoms with E-state index in [4.69, 9.17) is 0 Å². The molecule has 0 atom stereocenters. The maximum Gasteiger partial charge on any atom is 0.305 e. The van der Waals surface area contributed by atoms with Crippen LogP contribution in [0.25, 0.3) is 0 Å². The molecule has 1 aromatic rings. The van der Waals surface area contributed by atoms with Gasteiger partial charge in [-0.2, -0.15) is 0 Å².